The summed E-state index contributed by atoms with van der Waals surface area (Å²) < 4.78 is 0. The lowest BCUT2D eigenvalue weighted by Crippen LogP contribution is -2.38. The van der Waals surface area contributed by atoms with Crippen LogP contribution in [-0.4, -0.2) is 13.0 Å². The van der Waals surface area contributed by atoms with E-state index in [1.807, 2.05) is 31.3 Å². The molecule has 2 nitrogen and oxygen atoms in total. The number of aryl methyl sites for hydroxylation is 1. The number of rotatable bonds is 3. The number of para-hydroxylation sites is 1. The maximum atomic E-state index is 13.0. The Labute approximate surface area is 123 Å². The zero-order valence-corrected chi connectivity index (χ0v) is 12.5. The van der Waals surface area contributed by atoms with Crippen LogP contribution in [0.2, 0.25) is 0 Å². The van der Waals surface area contributed by atoms with Gasteiger partial charge in [-0.25, -0.2) is 0 Å². The van der Waals surface area contributed by atoms with E-state index in [1.165, 1.54) is 4.88 Å². The summed E-state index contributed by atoms with van der Waals surface area (Å²) in [5.41, 5.74) is 1.51. The molecule has 1 aliphatic heterocycles. The van der Waals surface area contributed by atoms with Crippen LogP contribution in [0.15, 0.2) is 49.1 Å². The van der Waals surface area contributed by atoms with Gasteiger partial charge in [0, 0.05) is 22.5 Å². The second-order valence-corrected chi connectivity index (χ2v) is 6.48. The third kappa shape index (κ3) is 1.59. The van der Waals surface area contributed by atoms with Crippen molar-refractivity contribution in [2.24, 2.45) is 0 Å². The fraction of sp³-hybridized carbons (Fsp3) is 0.235. The van der Waals surface area contributed by atoms with Gasteiger partial charge in [0.25, 0.3) is 0 Å². The van der Waals surface area contributed by atoms with Gasteiger partial charge in [-0.05, 0) is 37.1 Å². The number of carbonyl (C=O) groups is 1. The first-order valence-corrected chi connectivity index (χ1v) is 7.48. The Balaban J connectivity index is 2.30. The van der Waals surface area contributed by atoms with E-state index in [-0.39, 0.29) is 5.91 Å². The molecule has 0 aliphatic carbocycles. The number of amides is 1. The van der Waals surface area contributed by atoms with Crippen molar-refractivity contribution in [2.75, 3.05) is 11.9 Å². The third-order valence-electron chi connectivity index (χ3n) is 4.01. The smallest absolute Gasteiger partial charge is 0.243 e. The van der Waals surface area contributed by atoms with E-state index in [4.69, 9.17) is 0 Å². The Kier molecular flexibility index (Phi) is 3.02. The number of hydrogen-bond donors (Lipinski definition) is 0. The van der Waals surface area contributed by atoms with Crippen LogP contribution < -0.4 is 4.90 Å². The van der Waals surface area contributed by atoms with E-state index < -0.39 is 5.41 Å². The summed E-state index contributed by atoms with van der Waals surface area (Å²) in [4.78, 5) is 17.1. The summed E-state index contributed by atoms with van der Waals surface area (Å²) in [6, 6.07) is 12.2. The van der Waals surface area contributed by atoms with E-state index in [1.54, 1.807) is 16.2 Å². The molecule has 2 heterocycles. The Bertz CT molecular complexity index is 688. The van der Waals surface area contributed by atoms with Crippen molar-refractivity contribution in [3.05, 3.63) is 64.4 Å². The van der Waals surface area contributed by atoms with E-state index in [2.05, 4.69) is 31.7 Å². The van der Waals surface area contributed by atoms with Crippen LogP contribution >= 0.6 is 11.3 Å². The molecule has 1 amide bonds. The lowest BCUT2D eigenvalue weighted by molar-refractivity contribution is -0.121. The Morgan fingerprint density at radius 3 is 2.70 bits per heavy atom. The molecule has 0 radical (unpaired) electrons. The third-order valence-corrected chi connectivity index (χ3v) is 5.17. The lowest BCUT2D eigenvalue weighted by Gasteiger charge is -2.26. The molecular weight excluding hydrogens is 266 g/mol. The molecule has 1 aliphatic rings. The van der Waals surface area contributed by atoms with Gasteiger partial charge in [-0.1, -0.05) is 24.3 Å². The van der Waals surface area contributed by atoms with Crippen LogP contribution in [0.1, 0.15) is 21.7 Å². The highest BCUT2D eigenvalue weighted by Crippen LogP contribution is 2.49. The first-order valence-electron chi connectivity index (χ1n) is 6.66. The number of carbonyl (C=O) groups excluding carboxylic acids is 1. The van der Waals surface area contributed by atoms with Crippen LogP contribution in [-0.2, 0) is 10.2 Å². The minimum absolute atomic E-state index is 0.139. The quantitative estimate of drug-likeness (QED) is 0.782. The van der Waals surface area contributed by atoms with Gasteiger partial charge in [-0.15, -0.1) is 17.9 Å². The van der Waals surface area contributed by atoms with Crippen molar-refractivity contribution >= 4 is 22.9 Å². The van der Waals surface area contributed by atoms with E-state index in [0.29, 0.717) is 6.42 Å². The SMILES string of the molecule is C=CCC1(c2ccc(C)s2)C(=O)N(C)c2ccccc21. The number of fused-ring (bicyclic) bond motifs is 1. The molecule has 3 rings (SSSR count). The Hall–Kier alpha value is -1.87. The zero-order chi connectivity index (χ0) is 14.3. The van der Waals surface area contributed by atoms with Crippen LogP contribution in [0, 0.1) is 6.92 Å². The Morgan fingerprint density at radius 2 is 2.05 bits per heavy atom. The molecule has 1 unspecified atom stereocenters. The van der Waals surface area contributed by atoms with Crippen molar-refractivity contribution in [3.8, 4) is 0 Å². The summed E-state index contributed by atoms with van der Waals surface area (Å²) in [6.45, 7) is 5.94. The van der Waals surface area contributed by atoms with Crippen molar-refractivity contribution in [3.63, 3.8) is 0 Å². The van der Waals surface area contributed by atoms with E-state index in [9.17, 15) is 4.79 Å². The number of thiophene rings is 1. The van der Waals surface area contributed by atoms with Crippen LogP contribution in [0.25, 0.3) is 0 Å². The molecule has 1 aromatic carbocycles. The second kappa shape index (κ2) is 4.60. The molecule has 102 valence electrons. The van der Waals surface area contributed by atoms with Gasteiger partial charge >= 0.3 is 0 Å². The highest BCUT2D eigenvalue weighted by atomic mass is 32.1. The molecule has 0 N–H and O–H groups in total. The van der Waals surface area contributed by atoms with Crippen molar-refractivity contribution in [1.29, 1.82) is 0 Å². The fourth-order valence-electron chi connectivity index (χ4n) is 3.05. The second-order valence-electron chi connectivity index (χ2n) is 5.19. The van der Waals surface area contributed by atoms with Crippen molar-refractivity contribution in [1.82, 2.24) is 0 Å². The van der Waals surface area contributed by atoms with Gasteiger partial charge in [0.05, 0.1) is 0 Å². The molecule has 0 bridgehead atoms. The number of allylic oxidation sites excluding steroid dienone is 1. The first-order chi connectivity index (χ1) is 9.61. The maximum absolute atomic E-state index is 13.0. The summed E-state index contributed by atoms with van der Waals surface area (Å²) in [6.07, 6.45) is 2.48. The van der Waals surface area contributed by atoms with Crippen molar-refractivity contribution < 1.29 is 4.79 Å². The molecule has 3 heteroatoms. The summed E-state index contributed by atoms with van der Waals surface area (Å²) in [7, 11) is 1.85. The highest BCUT2D eigenvalue weighted by Gasteiger charge is 2.50. The minimum atomic E-state index is -0.591. The van der Waals surface area contributed by atoms with Gasteiger partial charge < -0.3 is 4.90 Å². The average Bonchev–Trinajstić information content (AvgIpc) is 2.97. The van der Waals surface area contributed by atoms with Gasteiger partial charge in [-0.3, -0.25) is 4.79 Å². The summed E-state index contributed by atoms with van der Waals surface area (Å²) >= 11 is 1.70. The minimum Gasteiger partial charge on any atom is -0.314 e. The van der Waals surface area contributed by atoms with Gasteiger partial charge in [0.15, 0.2) is 0 Å². The molecule has 2 aromatic rings. The molecule has 0 saturated carbocycles. The number of likely N-dealkylation sites (N-methyl/N-ethyl adjacent to an activating group) is 1. The number of anilines is 1. The molecule has 20 heavy (non-hydrogen) atoms. The Morgan fingerprint density at radius 1 is 1.30 bits per heavy atom. The number of benzene rings is 1. The largest absolute Gasteiger partial charge is 0.314 e. The predicted molar refractivity (Wildman–Crippen MR) is 84.5 cm³/mol. The molecule has 0 spiro atoms. The molecule has 1 atom stereocenters. The van der Waals surface area contributed by atoms with Crippen LogP contribution in [0.5, 0.6) is 0 Å². The van der Waals surface area contributed by atoms with Gasteiger partial charge in [-0.2, -0.15) is 0 Å². The zero-order valence-electron chi connectivity index (χ0n) is 11.7. The first kappa shape index (κ1) is 13.1. The topological polar surface area (TPSA) is 20.3 Å². The summed E-state index contributed by atoms with van der Waals surface area (Å²) in [5, 5.41) is 0. The highest BCUT2D eigenvalue weighted by molar-refractivity contribution is 7.12. The molecular formula is C17H17NOS. The van der Waals surface area contributed by atoms with Crippen LogP contribution in [0.3, 0.4) is 0 Å². The number of nitrogens with zero attached hydrogens (tertiary/aromatic N) is 1. The van der Waals surface area contributed by atoms with Gasteiger partial charge in [0.1, 0.15) is 5.41 Å². The standard InChI is InChI=1S/C17H17NOS/c1-4-11-17(15-10-9-12(2)20-15)13-7-5-6-8-14(13)18(3)16(17)19/h4-10H,1,11H2,2-3H3. The lowest BCUT2D eigenvalue weighted by atomic mass is 9.77. The predicted octanol–water partition coefficient (Wildman–Crippen LogP) is 3.90. The van der Waals surface area contributed by atoms with Crippen molar-refractivity contribution in [2.45, 2.75) is 18.8 Å². The molecule has 0 saturated heterocycles. The average molecular weight is 283 g/mol. The van der Waals surface area contributed by atoms with E-state index in [0.717, 1.165) is 16.1 Å². The van der Waals surface area contributed by atoms with Crippen LogP contribution in [0.4, 0.5) is 5.69 Å². The normalized spacial score (nSPS) is 21.1. The van der Waals surface area contributed by atoms with E-state index >= 15 is 0 Å². The fourth-order valence-corrected chi connectivity index (χ4v) is 4.13. The van der Waals surface area contributed by atoms with Gasteiger partial charge in [0.2, 0.25) is 5.91 Å². The molecule has 1 aromatic heterocycles. The monoisotopic (exact) mass is 283 g/mol. The molecule has 0 fully saturated rings. The maximum Gasteiger partial charge on any atom is 0.243 e. The summed E-state index contributed by atoms with van der Waals surface area (Å²) in [5.74, 6) is 0.139. The number of hydrogen-bond acceptors (Lipinski definition) is 2.